The van der Waals surface area contributed by atoms with Gasteiger partial charge in [0.1, 0.15) is 0 Å². The zero-order valence-electron chi connectivity index (χ0n) is 11.5. The summed E-state index contributed by atoms with van der Waals surface area (Å²) in [6, 6.07) is 14.0. The summed E-state index contributed by atoms with van der Waals surface area (Å²) in [7, 11) is 0. The van der Waals surface area contributed by atoms with E-state index >= 15 is 0 Å². The van der Waals surface area contributed by atoms with Crippen molar-refractivity contribution in [3.63, 3.8) is 0 Å². The molecule has 102 valence electrons. The molecule has 2 aromatic carbocycles. The highest BCUT2D eigenvalue weighted by molar-refractivity contribution is 9.10. The van der Waals surface area contributed by atoms with Crippen LogP contribution in [0.2, 0.25) is 0 Å². The molecule has 0 bridgehead atoms. The number of ketones is 1. The van der Waals surface area contributed by atoms with Crippen LogP contribution in [-0.2, 0) is 0 Å². The van der Waals surface area contributed by atoms with E-state index in [1.54, 1.807) is 0 Å². The van der Waals surface area contributed by atoms with Crippen LogP contribution in [0.25, 0.3) is 0 Å². The van der Waals surface area contributed by atoms with E-state index in [1.807, 2.05) is 37.3 Å². The van der Waals surface area contributed by atoms with Crippen molar-refractivity contribution in [2.75, 3.05) is 0 Å². The van der Waals surface area contributed by atoms with Gasteiger partial charge in [-0.05, 0) is 43.4 Å². The summed E-state index contributed by atoms with van der Waals surface area (Å²) in [6.45, 7) is 2.00. The highest BCUT2D eigenvalue weighted by atomic mass is 79.9. The van der Waals surface area contributed by atoms with Crippen molar-refractivity contribution in [1.29, 1.82) is 0 Å². The molecular weight excluding hydrogens is 312 g/mol. The van der Waals surface area contributed by atoms with Gasteiger partial charge in [0.25, 0.3) is 0 Å². The van der Waals surface area contributed by atoms with Crippen LogP contribution in [0, 0.1) is 6.92 Å². The van der Waals surface area contributed by atoms with Crippen molar-refractivity contribution in [1.82, 2.24) is 0 Å². The molecule has 0 atom stereocenters. The van der Waals surface area contributed by atoms with Crippen LogP contribution in [0.1, 0.15) is 52.2 Å². The Morgan fingerprint density at radius 1 is 1.10 bits per heavy atom. The first-order valence-electron chi connectivity index (χ1n) is 7.06. The third kappa shape index (κ3) is 2.57. The molecule has 0 heterocycles. The molecule has 0 N–H and O–H groups in total. The average Bonchev–Trinajstić information content (AvgIpc) is 2.40. The normalized spacial score (nSPS) is 14.9. The summed E-state index contributed by atoms with van der Waals surface area (Å²) in [5.41, 5.74) is 3.97. The molecule has 3 rings (SSSR count). The van der Waals surface area contributed by atoms with Crippen molar-refractivity contribution in [2.45, 2.75) is 32.1 Å². The van der Waals surface area contributed by atoms with E-state index in [4.69, 9.17) is 0 Å². The van der Waals surface area contributed by atoms with E-state index in [0.717, 1.165) is 21.2 Å². The Bertz CT molecular complexity index is 639. The smallest absolute Gasteiger partial charge is 0.194 e. The summed E-state index contributed by atoms with van der Waals surface area (Å²) in [6.07, 6.45) is 3.91. The van der Waals surface area contributed by atoms with E-state index in [9.17, 15) is 4.79 Å². The van der Waals surface area contributed by atoms with E-state index in [-0.39, 0.29) is 5.78 Å². The van der Waals surface area contributed by atoms with Gasteiger partial charge in [-0.1, -0.05) is 58.2 Å². The molecule has 1 saturated carbocycles. The SMILES string of the molecule is Cc1ccc(Br)c(C(=O)c2ccc(C3CCC3)cc2)c1. The van der Waals surface area contributed by atoms with Crippen LogP contribution < -0.4 is 0 Å². The van der Waals surface area contributed by atoms with Crippen molar-refractivity contribution >= 4 is 21.7 Å². The minimum atomic E-state index is 0.0840. The van der Waals surface area contributed by atoms with Gasteiger partial charge in [-0.2, -0.15) is 0 Å². The molecule has 1 nitrogen and oxygen atoms in total. The molecule has 1 aliphatic rings. The number of aryl methyl sites for hydroxylation is 1. The van der Waals surface area contributed by atoms with E-state index in [0.29, 0.717) is 5.92 Å². The number of halogens is 1. The van der Waals surface area contributed by atoms with Crippen LogP contribution in [0.5, 0.6) is 0 Å². The number of hydrogen-bond donors (Lipinski definition) is 0. The van der Waals surface area contributed by atoms with Gasteiger partial charge in [0.15, 0.2) is 5.78 Å². The number of rotatable bonds is 3. The van der Waals surface area contributed by atoms with Gasteiger partial charge >= 0.3 is 0 Å². The van der Waals surface area contributed by atoms with Gasteiger partial charge in [0.2, 0.25) is 0 Å². The molecule has 1 fully saturated rings. The molecule has 2 aromatic rings. The predicted octanol–water partition coefficient (Wildman–Crippen LogP) is 5.26. The van der Waals surface area contributed by atoms with Crippen molar-refractivity contribution in [3.8, 4) is 0 Å². The van der Waals surface area contributed by atoms with Crippen LogP contribution in [0.15, 0.2) is 46.9 Å². The van der Waals surface area contributed by atoms with E-state index in [2.05, 4.69) is 28.1 Å². The Kier molecular flexibility index (Phi) is 3.75. The monoisotopic (exact) mass is 328 g/mol. The van der Waals surface area contributed by atoms with Gasteiger partial charge in [-0.3, -0.25) is 4.79 Å². The van der Waals surface area contributed by atoms with Gasteiger partial charge in [0, 0.05) is 15.6 Å². The lowest BCUT2D eigenvalue weighted by Gasteiger charge is -2.25. The first-order chi connectivity index (χ1) is 9.65. The van der Waals surface area contributed by atoms with Gasteiger partial charge in [-0.25, -0.2) is 0 Å². The number of carbonyl (C=O) groups excluding carboxylic acids is 1. The minimum absolute atomic E-state index is 0.0840. The number of carbonyl (C=O) groups is 1. The molecule has 0 unspecified atom stereocenters. The minimum Gasteiger partial charge on any atom is -0.289 e. The second kappa shape index (κ2) is 5.53. The van der Waals surface area contributed by atoms with Crippen LogP contribution >= 0.6 is 15.9 Å². The molecule has 20 heavy (non-hydrogen) atoms. The van der Waals surface area contributed by atoms with Crippen molar-refractivity contribution in [2.24, 2.45) is 0 Å². The van der Waals surface area contributed by atoms with Crippen molar-refractivity contribution < 1.29 is 4.79 Å². The molecule has 2 heteroatoms. The lowest BCUT2D eigenvalue weighted by molar-refractivity contribution is 0.103. The topological polar surface area (TPSA) is 17.1 Å². The molecule has 0 spiro atoms. The highest BCUT2D eigenvalue weighted by Crippen LogP contribution is 2.36. The maximum absolute atomic E-state index is 12.6. The maximum Gasteiger partial charge on any atom is 0.194 e. The number of benzene rings is 2. The summed E-state index contributed by atoms with van der Waals surface area (Å²) >= 11 is 3.47. The van der Waals surface area contributed by atoms with Crippen LogP contribution in [0.3, 0.4) is 0 Å². The Morgan fingerprint density at radius 3 is 2.40 bits per heavy atom. The predicted molar refractivity (Wildman–Crippen MR) is 85.3 cm³/mol. The third-order valence-electron chi connectivity index (χ3n) is 4.12. The molecule has 1 aliphatic carbocycles. The zero-order chi connectivity index (χ0) is 14.1. The summed E-state index contributed by atoms with van der Waals surface area (Å²) in [5.74, 6) is 0.797. The Balaban J connectivity index is 1.88. The van der Waals surface area contributed by atoms with E-state index < -0.39 is 0 Å². The van der Waals surface area contributed by atoms with Gasteiger partial charge in [-0.15, -0.1) is 0 Å². The lowest BCUT2D eigenvalue weighted by atomic mass is 9.80. The fourth-order valence-electron chi connectivity index (χ4n) is 2.62. The molecule has 0 radical (unpaired) electrons. The first-order valence-corrected chi connectivity index (χ1v) is 7.85. The Morgan fingerprint density at radius 2 is 1.80 bits per heavy atom. The Labute approximate surface area is 128 Å². The molecule has 0 aromatic heterocycles. The standard InChI is InChI=1S/C18H17BrO/c1-12-5-10-17(19)16(11-12)18(20)15-8-6-14(7-9-15)13-3-2-4-13/h5-11,13H,2-4H2,1H3. The van der Waals surface area contributed by atoms with Crippen LogP contribution in [0.4, 0.5) is 0 Å². The fraction of sp³-hybridized carbons (Fsp3) is 0.278. The maximum atomic E-state index is 12.6. The molecule has 0 amide bonds. The lowest BCUT2D eigenvalue weighted by Crippen LogP contribution is -2.09. The first kappa shape index (κ1) is 13.6. The van der Waals surface area contributed by atoms with Crippen molar-refractivity contribution in [3.05, 3.63) is 69.2 Å². The van der Waals surface area contributed by atoms with Gasteiger partial charge in [0.05, 0.1) is 0 Å². The van der Waals surface area contributed by atoms with Crippen LogP contribution in [-0.4, -0.2) is 5.78 Å². The summed E-state index contributed by atoms with van der Waals surface area (Å²) in [5, 5.41) is 0. The Hall–Kier alpha value is -1.41. The molecule has 0 saturated heterocycles. The molecule has 0 aliphatic heterocycles. The number of hydrogen-bond acceptors (Lipinski definition) is 1. The second-order valence-corrected chi connectivity index (χ2v) is 6.42. The van der Waals surface area contributed by atoms with E-state index in [1.165, 1.54) is 24.8 Å². The quantitative estimate of drug-likeness (QED) is 0.702. The fourth-order valence-corrected chi connectivity index (χ4v) is 3.04. The average molecular weight is 329 g/mol. The zero-order valence-corrected chi connectivity index (χ0v) is 13.1. The largest absolute Gasteiger partial charge is 0.289 e. The highest BCUT2D eigenvalue weighted by Gasteiger charge is 2.20. The second-order valence-electron chi connectivity index (χ2n) is 5.56. The summed E-state index contributed by atoms with van der Waals surface area (Å²) < 4.78 is 0.858. The summed E-state index contributed by atoms with van der Waals surface area (Å²) in [4.78, 5) is 12.6. The third-order valence-corrected chi connectivity index (χ3v) is 4.81. The van der Waals surface area contributed by atoms with Gasteiger partial charge < -0.3 is 0 Å². The molecular formula is C18H17BrO.